The van der Waals surface area contributed by atoms with Gasteiger partial charge in [0.05, 0.1) is 14.2 Å². The first-order valence-corrected chi connectivity index (χ1v) is 4.88. The number of aliphatic imine (C=N–C) groups is 1. The molecule has 1 rings (SSSR count). The van der Waals surface area contributed by atoms with Gasteiger partial charge in [-0.2, -0.15) is 0 Å². The van der Waals surface area contributed by atoms with Crippen LogP contribution in [0.1, 0.15) is 0 Å². The van der Waals surface area contributed by atoms with Crippen molar-refractivity contribution in [2.45, 2.75) is 0 Å². The summed E-state index contributed by atoms with van der Waals surface area (Å²) >= 11 is 0. The zero-order valence-corrected chi connectivity index (χ0v) is 12.7. The summed E-state index contributed by atoms with van der Waals surface area (Å²) in [5.41, 5.74) is 0.882. The Bertz CT molecular complexity index is 383. The predicted octanol–water partition coefficient (Wildman–Crippen LogP) is 1.94. The first-order chi connectivity index (χ1) is 7.74. The minimum Gasteiger partial charge on any atom is -0.493 e. The highest BCUT2D eigenvalue weighted by atomic mass is 127. The summed E-state index contributed by atoms with van der Waals surface area (Å²) in [6.07, 6.45) is 0. The number of anilines is 1. The maximum absolute atomic E-state index is 5.20. The quantitative estimate of drug-likeness (QED) is 0.497. The van der Waals surface area contributed by atoms with Gasteiger partial charge >= 0.3 is 0 Å². The number of benzene rings is 1. The Morgan fingerprint density at radius 1 is 1.18 bits per heavy atom. The number of rotatable bonds is 3. The van der Waals surface area contributed by atoms with E-state index in [9.17, 15) is 0 Å². The topological polar surface area (TPSA) is 54.9 Å². The standard InChI is InChI=1S/C11H17N3O2.HI/c1-12-11(13-2)14-8-5-6-9(15-3)10(7-8)16-4;/h5-7H,1-4H3,(H2,12,13,14);1H. The molecule has 0 aliphatic rings. The maximum atomic E-state index is 5.20. The van der Waals surface area contributed by atoms with Crippen LogP contribution in [-0.4, -0.2) is 34.3 Å². The molecule has 0 bridgehead atoms. The summed E-state index contributed by atoms with van der Waals surface area (Å²) in [6.45, 7) is 0. The van der Waals surface area contributed by atoms with E-state index < -0.39 is 0 Å². The number of ether oxygens (including phenoxy) is 2. The highest BCUT2D eigenvalue weighted by Gasteiger charge is 2.05. The van der Waals surface area contributed by atoms with Crippen molar-refractivity contribution < 1.29 is 9.47 Å². The van der Waals surface area contributed by atoms with Crippen LogP contribution in [0.4, 0.5) is 5.69 Å². The molecule has 0 aliphatic carbocycles. The first-order valence-electron chi connectivity index (χ1n) is 4.88. The fourth-order valence-corrected chi connectivity index (χ4v) is 1.28. The van der Waals surface area contributed by atoms with Gasteiger partial charge in [-0.3, -0.25) is 4.99 Å². The van der Waals surface area contributed by atoms with Crippen LogP contribution >= 0.6 is 24.0 Å². The molecule has 0 spiro atoms. The van der Waals surface area contributed by atoms with Crippen LogP contribution in [0.2, 0.25) is 0 Å². The van der Waals surface area contributed by atoms with Crippen molar-refractivity contribution in [2.75, 3.05) is 33.6 Å². The number of guanidine groups is 1. The molecule has 0 saturated heterocycles. The average Bonchev–Trinajstić information content (AvgIpc) is 2.35. The number of methoxy groups -OCH3 is 2. The Morgan fingerprint density at radius 3 is 2.29 bits per heavy atom. The normalized spacial score (nSPS) is 10.2. The van der Waals surface area contributed by atoms with Crippen molar-refractivity contribution in [3.63, 3.8) is 0 Å². The van der Waals surface area contributed by atoms with Gasteiger partial charge in [0.2, 0.25) is 0 Å². The average molecular weight is 351 g/mol. The summed E-state index contributed by atoms with van der Waals surface area (Å²) < 4.78 is 10.4. The highest BCUT2D eigenvalue weighted by molar-refractivity contribution is 14.0. The molecule has 6 heteroatoms. The smallest absolute Gasteiger partial charge is 0.195 e. The molecule has 0 unspecified atom stereocenters. The summed E-state index contributed by atoms with van der Waals surface area (Å²) in [4.78, 5) is 4.02. The van der Waals surface area contributed by atoms with Gasteiger partial charge in [-0.25, -0.2) is 0 Å². The van der Waals surface area contributed by atoms with Gasteiger partial charge in [-0.15, -0.1) is 24.0 Å². The number of hydrogen-bond donors (Lipinski definition) is 2. The molecular formula is C11H18IN3O2. The van der Waals surface area contributed by atoms with Gasteiger partial charge in [-0.05, 0) is 12.1 Å². The summed E-state index contributed by atoms with van der Waals surface area (Å²) in [5.74, 6) is 2.07. The summed E-state index contributed by atoms with van der Waals surface area (Å²) in [7, 11) is 6.72. The van der Waals surface area contributed by atoms with Gasteiger partial charge in [0, 0.05) is 25.8 Å². The third kappa shape index (κ3) is 4.29. The van der Waals surface area contributed by atoms with Gasteiger partial charge < -0.3 is 20.1 Å². The number of hydrogen-bond acceptors (Lipinski definition) is 3. The van der Waals surface area contributed by atoms with Crippen LogP contribution in [-0.2, 0) is 0 Å². The fourth-order valence-electron chi connectivity index (χ4n) is 1.28. The van der Waals surface area contributed by atoms with E-state index >= 15 is 0 Å². The molecule has 1 aromatic rings. The lowest BCUT2D eigenvalue weighted by Gasteiger charge is -2.12. The Balaban J connectivity index is 0.00000256. The van der Waals surface area contributed by atoms with Crippen molar-refractivity contribution in [3.8, 4) is 11.5 Å². The zero-order chi connectivity index (χ0) is 12.0. The SMILES string of the molecule is CN=C(NC)Nc1ccc(OC)c(OC)c1.I. The van der Waals surface area contributed by atoms with Crippen molar-refractivity contribution in [1.82, 2.24) is 5.32 Å². The molecule has 2 N–H and O–H groups in total. The van der Waals surface area contributed by atoms with Crippen molar-refractivity contribution in [1.29, 1.82) is 0 Å². The lowest BCUT2D eigenvalue weighted by atomic mass is 10.3. The van der Waals surface area contributed by atoms with Gasteiger partial charge in [0.1, 0.15) is 0 Å². The minimum atomic E-state index is 0. The molecule has 0 aromatic heterocycles. The predicted molar refractivity (Wildman–Crippen MR) is 81.0 cm³/mol. The van der Waals surface area contributed by atoms with Crippen LogP contribution in [0.3, 0.4) is 0 Å². The van der Waals surface area contributed by atoms with E-state index in [1.165, 1.54) is 0 Å². The van der Waals surface area contributed by atoms with Crippen molar-refractivity contribution >= 4 is 35.6 Å². The van der Waals surface area contributed by atoms with E-state index in [2.05, 4.69) is 15.6 Å². The molecule has 0 amide bonds. The Kier molecular flexibility index (Phi) is 7.44. The Morgan fingerprint density at radius 2 is 1.82 bits per heavy atom. The summed E-state index contributed by atoms with van der Waals surface area (Å²) in [6, 6.07) is 5.58. The highest BCUT2D eigenvalue weighted by Crippen LogP contribution is 2.29. The lowest BCUT2D eigenvalue weighted by Crippen LogP contribution is -2.26. The molecule has 0 saturated carbocycles. The van der Waals surface area contributed by atoms with E-state index in [0.29, 0.717) is 17.5 Å². The number of nitrogens with one attached hydrogen (secondary N) is 2. The van der Waals surface area contributed by atoms with E-state index in [-0.39, 0.29) is 24.0 Å². The third-order valence-electron chi connectivity index (χ3n) is 2.11. The largest absolute Gasteiger partial charge is 0.493 e. The molecular weight excluding hydrogens is 333 g/mol. The fraction of sp³-hybridized carbons (Fsp3) is 0.364. The van der Waals surface area contributed by atoms with Gasteiger partial charge in [0.15, 0.2) is 17.5 Å². The van der Waals surface area contributed by atoms with Gasteiger partial charge in [-0.1, -0.05) is 0 Å². The second-order valence-corrected chi connectivity index (χ2v) is 3.02. The molecule has 0 heterocycles. The molecule has 0 fully saturated rings. The van der Waals surface area contributed by atoms with E-state index in [0.717, 1.165) is 5.69 Å². The molecule has 0 atom stereocenters. The van der Waals surface area contributed by atoms with E-state index in [1.54, 1.807) is 28.3 Å². The second-order valence-electron chi connectivity index (χ2n) is 3.02. The van der Waals surface area contributed by atoms with Crippen LogP contribution in [0.5, 0.6) is 11.5 Å². The van der Waals surface area contributed by atoms with Crippen LogP contribution in [0, 0.1) is 0 Å². The maximum Gasteiger partial charge on any atom is 0.195 e. The monoisotopic (exact) mass is 351 g/mol. The van der Waals surface area contributed by atoms with Crippen LogP contribution in [0.15, 0.2) is 23.2 Å². The minimum absolute atomic E-state index is 0. The molecule has 1 aromatic carbocycles. The molecule has 0 aliphatic heterocycles. The van der Waals surface area contributed by atoms with Gasteiger partial charge in [0.25, 0.3) is 0 Å². The number of nitrogens with zero attached hydrogens (tertiary/aromatic N) is 1. The van der Waals surface area contributed by atoms with Crippen molar-refractivity contribution in [3.05, 3.63) is 18.2 Å². The first kappa shape index (κ1) is 15.8. The Labute approximate surface area is 119 Å². The van der Waals surface area contributed by atoms with Crippen LogP contribution < -0.4 is 20.1 Å². The molecule has 17 heavy (non-hydrogen) atoms. The number of halogens is 1. The third-order valence-corrected chi connectivity index (χ3v) is 2.11. The van der Waals surface area contributed by atoms with Crippen molar-refractivity contribution in [2.24, 2.45) is 4.99 Å². The van der Waals surface area contributed by atoms with E-state index in [4.69, 9.17) is 9.47 Å². The summed E-state index contributed by atoms with van der Waals surface area (Å²) in [5, 5.41) is 6.04. The van der Waals surface area contributed by atoms with E-state index in [1.807, 2.05) is 18.2 Å². The lowest BCUT2D eigenvalue weighted by molar-refractivity contribution is 0.355. The molecule has 0 radical (unpaired) electrons. The van der Waals surface area contributed by atoms with Crippen LogP contribution in [0.25, 0.3) is 0 Å². The zero-order valence-electron chi connectivity index (χ0n) is 10.4. The Hall–Kier alpha value is -1.18. The molecule has 5 nitrogen and oxygen atoms in total. The second kappa shape index (κ2) is 7.99. The molecule has 96 valence electrons.